The number of ether oxygens (including phenoxy) is 2. The maximum Gasteiger partial charge on any atom is 0.338 e. The van der Waals surface area contributed by atoms with Crippen LogP contribution >= 0.6 is 0 Å². The van der Waals surface area contributed by atoms with E-state index in [1.165, 1.54) is 0 Å². The van der Waals surface area contributed by atoms with Crippen molar-refractivity contribution in [1.29, 1.82) is 0 Å². The molecule has 0 bridgehead atoms. The van der Waals surface area contributed by atoms with Crippen LogP contribution in [0.25, 0.3) is 0 Å². The lowest BCUT2D eigenvalue weighted by Crippen LogP contribution is -2.40. The summed E-state index contributed by atoms with van der Waals surface area (Å²) in [5, 5.41) is 2.78. The number of hydrogen-bond donors (Lipinski definition) is 1. The molecule has 7 nitrogen and oxygen atoms in total. The second-order valence-electron chi connectivity index (χ2n) is 6.82. The van der Waals surface area contributed by atoms with Gasteiger partial charge in [0.05, 0.1) is 17.9 Å². The molecule has 0 saturated carbocycles. The van der Waals surface area contributed by atoms with E-state index in [9.17, 15) is 14.4 Å². The molecular weight excluding hydrogens is 372 g/mol. The molecule has 0 radical (unpaired) electrons. The van der Waals surface area contributed by atoms with Gasteiger partial charge in [-0.15, -0.1) is 0 Å². The Balaban J connectivity index is 1.57. The number of nitrogens with zero attached hydrogens (tertiary/aromatic N) is 1. The number of anilines is 2. The molecule has 0 fully saturated rings. The molecule has 0 unspecified atom stereocenters. The van der Waals surface area contributed by atoms with Crippen molar-refractivity contribution >= 4 is 29.2 Å². The number of esters is 1. The van der Waals surface area contributed by atoms with Crippen LogP contribution in [0.1, 0.15) is 35.7 Å². The first-order valence-corrected chi connectivity index (χ1v) is 9.59. The van der Waals surface area contributed by atoms with E-state index in [4.69, 9.17) is 9.47 Å². The highest BCUT2D eigenvalue weighted by atomic mass is 16.5. The van der Waals surface area contributed by atoms with Crippen LogP contribution < -0.4 is 15.0 Å². The Kier molecular flexibility index (Phi) is 6.49. The summed E-state index contributed by atoms with van der Waals surface area (Å²) in [5.74, 6) is -0.142. The van der Waals surface area contributed by atoms with Crippen molar-refractivity contribution in [3.8, 4) is 5.75 Å². The van der Waals surface area contributed by atoms with Crippen LogP contribution in [-0.2, 0) is 14.3 Å². The van der Waals surface area contributed by atoms with Crippen molar-refractivity contribution < 1.29 is 23.9 Å². The fourth-order valence-electron chi connectivity index (χ4n) is 2.96. The summed E-state index contributed by atoms with van der Waals surface area (Å²) in [7, 11) is 0. The van der Waals surface area contributed by atoms with Crippen LogP contribution in [0.2, 0.25) is 0 Å². The van der Waals surface area contributed by atoms with Gasteiger partial charge in [-0.3, -0.25) is 9.59 Å². The minimum absolute atomic E-state index is 0.0345. The Morgan fingerprint density at radius 1 is 1.17 bits per heavy atom. The number of rotatable bonds is 7. The summed E-state index contributed by atoms with van der Waals surface area (Å²) in [6, 6.07) is 12.1. The molecule has 2 aromatic carbocycles. The molecule has 0 saturated heterocycles. The van der Waals surface area contributed by atoms with Crippen LogP contribution in [0.4, 0.5) is 11.4 Å². The number of carbonyl (C=O) groups is 3. The molecule has 29 heavy (non-hydrogen) atoms. The molecule has 1 aliphatic rings. The van der Waals surface area contributed by atoms with E-state index in [0.29, 0.717) is 29.3 Å². The van der Waals surface area contributed by atoms with Crippen LogP contribution in [0.15, 0.2) is 42.5 Å². The zero-order valence-corrected chi connectivity index (χ0v) is 16.6. The molecule has 1 aliphatic heterocycles. The first-order valence-electron chi connectivity index (χ1n) is 9.59. The number of fused-ring (bicyclic) bond motifs is 1. The molecule has 7 heteroatoms. The van der Waals surface area contributed by atoms with Gasteiger partial charge in [-0.25, -0.2) is 4.79 Å². The third kappa shape index (κ3) is 5.13. The molecule has 2 amide bonds. The molecule has 1 heterocycles. The molecule has 152 valence electrons. The van der Waals surface area contributed by atoms with Crippen LogP contribution in [0.3, 0.4) is 0 Å². The third-order valence-corrected chi connectivity index (χ3v) is 4.46. The first-order chi connectivity index (χ1) is 14.0. The van der Waals surface area contributed by atoms with E-state index in [-0.39, 0.29) is 37.4 Å². The monoisotopic (exact) mass is 396 g/mol. The summed E-state index contributed by atoms with van der Waals surface area (Å²) in [5.41, 5.74) is 2.70. The van der Waals surface area contributed by atoms with Gasteiger partial charge in [-0.2, -0.15) is 0 Å². The number of benzene rings is 2. The number of nitrogens with one attached hydrogen (secondary N) is 1. The summed E-state index contributed by atoms with van der Waals surface area (Å²) < 4.78 is 10.5. The number of carbonyl (C=O) groups excluding carboxylic acids is 3. The van der Waals surface area contributed by atoms with Crippen LogP contribution in [0, 0.1) is 6.92 Å². The smallest absolute Gasteiger partial charge is 0.338 e. The van der Waals surface area contributed by atoms with E-state index >= 15 is 0 Å². The Labute approximate surface area is 169 Å². The summed E-state index contributed by atoms with van der Waals surface area (Å²) in [4.78, 5) is 38.0. The molecular formula is C22H24N2O5. The van der Waals surface area contributed by atoms with Crippen molar-refractivity contribution in [3.63, 3.8) is 0 Å². The van der Waals surface area contributed by atoms with Gasteiger partial charge >= 0.3 is 5.97 Å². The fraction of sp³-hybridized carbons (Fsp3) is 0.318. The van der Waals surface area contributed by atoms with Gasteiger partial charge in [0.2, 0.25) is 5.91 Å². The number of hydrogen-bond acceptors (Lipinski definition) is 5. The van der Waals surface area contributed by atoms with Gasteiger partial charge in [-0.05, 0) is 55.3 Å². The molecule has 0 aliphatic carbocycles. The lowest BCUT2D eigenvalue weighted by molar-refractivity contribution is -0.121. The first kappa shape index (κ1) is 20.4. The zero-order valence-electron chi connectivity index (χ0n) is 16.6. The summed E-state index contributed by atoms with van der Waals surface area (Å²) in [6.07, 6.45) is 0.898. The Bertz CT molecular complexity index is 908. The quantitative estimate of drug-likeness (QED) is 0.726. The van der Waals surface area contributed by atoms with Crippen molar-refractivity contribution in [3.05, 3.63) is 53.6 Å². The highest BCUT2D eigenvalue weighted by molar-refractivity contribution is 5.99. The maximum atomic E-state index is 12.3. The molecule has 1 N–H and O–H groups in total. The lowest BCUT2D eigenvalue weighted by Gasteiger charge is -2.29. The number of aryl methyl sites for hydroxylation is 1. The predicted octanol–water partition coefficient (Wildman–Crippen LogP) is 3.32. The third-order valence-electron chi connectivity index (χ3n) is 4.46. The van der Waals surface area contributed by atoms with Crippen molar-refractivity contribution in [2.45, 2.75) is 26.7 Å². The van der Waals surface area contributed by atoms with Gasteiger partial charge in [0.15, 0.2) is 6.61 Å². The van der Waals surface area contributed by atoms with Gasteiger partial charge in [0, 0.05) is 18.7 Å². The van der Waals surface area contributed by atoms with Crippen LogP contribution in [0.5, 0.6) is 5.75 Å². The average molecular weight is 396 g/mol. The fourth-order valence-corrected chi connectivity index (χ4v) is 2.96. The largest absolute Gasteiger partial charge is 0.482 e. The second-order valence-corrected chi connectivity index (χ2v) is 6.82. The minimum Gasteiger partial charge on any atom is -0.482 e. The van der Waals surface area contributed by atoms with E-state index in [2.05, 4.69) is 5.32 Å². The molecule has 0 spiro atoms. The molecule has 0 atom stereocenters. The maximum absolute atomic E-state index is 12.3. The van der Waals surface area contributed by atoms with E-state index in [0.717, 1.165) is 12.0 Å². The van der Waals surface area contributed by atoms with Crippen molar-refractivity contribution in [2.24, 2.45) is 0 Å². The second kappa shape index (κ2) is 9.23. The number of amides is 2. The molecule has 2 aromatic rings. The van der Waals surface area contributed by atoms with Crippen LogP contribution in [-0.4, -0.2) is 37.5 Å². The SMILES string of the molecule is CCCOC(=O)c1ccc(NC(=O)CCN2C(=O)COc3ccc(C)cc32)cc1. The van der Waals surface area contributed by atoms with E-state index in [1.54, 1.807) is 29.2 Å². The Morgan fingerprint density at radius 2 is 1.93 bits per heavy atom. The predicted molar refractivity (Wildman–Crippen MR) is 109 cm³/mol. The highest BCUT2D eigenvalue weighted by Crippen LogP contribution is 2.32. The van der Waals surface area contributed by atoms with Crippen molar-refractivity contribution in [2.75, 3.05) is 30.0 Å². The summed E-state index contributed by atoms with van der Waals surface area (Å²) in [6.45, 7) is 4.46. The molecule has 3 rings (SSSR count). The van der Waals surface area contributed by atoms with E-state index < -0.39 is 0 Å². The average Bonchev–Trinajstić information content (AvgIpc) is 2.71. The molecule has 0 aromatic heterocycles. The normalized spacial score (nSPS) is 12.8. The Hall–Kier alpha value is -3.35. The van der Waals surface area contributed by atoms with Gasteiger partial charge in [0.25, 0.3) is 5.91 Å². The van der Waals surface area contributed by atoms with Gasteiger partial charge in [0.1, 0.15) is 5.75 Å². The minimum atomic E-state index is -0.385. The van der Waals surface area contributed by atoms with Crippen molar-refractivity contribution in [1.82, 2.24) is 0 Å². The standard InChI is InChI=1S/C22H24N2O5/c1-3-12-28-22(27)16-5-7-17(8-6-16)23-20(25)10-11-24-18-13-15(2)4-9-19(18)29-14-21(24)26/h4-9,13H,3,10-12,14H2,1-2H3,(H,23,25). The topological polar surface area (TPSA) is 84.9 Å². The zero-order chi connectivity index (χ0) is 20.8. The van der Waals surface area contributed by atoms with Gasteiger partial charge < -0.3 is 19.7 Å². The highest BCUT2D eigenvalue weighted by Gasteiger charge is 2.25. The van der Waals surface area contributed by atoms with Gasteiger partial charge in [-0.1, -0.05) is 13.0 Å². The van der Waals surface area contributed by atoms with E-state index in [1.807, 2.05) is 32.0 Å². The lowest BCUT2D eigenvalue weighted by atomic mass is 10.1. The Morgan fingerprint density at radius 3 is 2.66 bits per heavy atom. The summed E-state index contributed by atoms with van der Waals surface area (Å²) >= 11 is 0.